The van der Waals surface area contributed by atoms with E-state index in [1.54, 1.807) is 18.2 Å². The SMILES string of the molecule is COc1cccc(F)c1-c1nc2c(-c3ccc4c(c3)OCC3CN(C)CCN43)c[nH]c2cc1C#N. The molecule has 0 saturated carbocycles. The molecule has 1 atom stereocenters. The van der Waals surface area contributed by atoms with Crippen LogP contribution in [0.25, 0.3) is 33.4 Å². The van der Waals surface area contributed by atoms with Gasteiger partial charge in [0.25, 0.3) is 0 Å². The standard InChI is InChI=1S/C27H24FN5O2/c1-32-8-9-33-18(14-32)15-35-24-11-16(6-7-22(24)33)19-13-30-21-10-17(12-29)26(31-27(19)21)25-20(28)4-3-5-23(25)34-2/h3-7,10-11,13,18,30H,8-9,14-15H2,1-2H3. The fourth-order valence-electron chi connectivity index (χ4n) is 5.14. The van der Waals surface area contributed by atoms with Gasteiger partial charge in [0.2, 0.25) is 0 Å². The lowest BCUT2D eigenvalue weighted by molar-refractivity contribution is 0.188. The first-order valence-corrected chi connectivity index (χ1v) is 11.5. The number of aromatic amines is 1. The van der Waals surface area contributed by atoms with Gasteiger partial charge in [-0.2, -0.15) is 5.26 Å². The van der Waals surface area contributed by atoms with E-state index in [1.807, 2.05) is 12.3 Å². The van der Waals surface area contributed by atoms with Crippen LogP contribution in [0.1, 0.15) is 5.56 Å². The molecule has 7 nitrogen and oxygen atoms in total. The minimum Gasteiger partial charge on any atom is -0.496 e. The summed E-state index contributed by atoms with van der Waals surface area (Å²) in [6.45, 7) is 3.62. The van der Waals surface area contributed by atoms with Crippen molar-refractivity contribution in [3.63, 3.8) is 0 Å². The number of piperazine rings is 1. The number of hydrogen-bond acceptors (Lipinski definition) is 6. The largest absolute Gasteiger partial charge is 0.496 e. The minimum absolute atomic E-state index is 0.176. The number of nitrogens with one attached hydrogen (secondary N) is 1. The van der Waals surface area contributed by atoms with Gasteiger partial charge in [0.1, 0.15) is 30.0 Å². The van der Waals surface area contributed by atoms with E-state index in [0.29, 0.717) is 29.4 Å². The molecule has 6 rings (SSSR count). The summed E-state index contributed by atoms with van der Waals surface area (Å²) in [6.07, 6.45) is 1.87. The predicted octanol–water partition coefficient (Wildman–Crippen LogP) is 4.43. The number of nitrogens with zero attached hydrogens (tertiary/aromatic N) is 4. The van der Waals surface area contributed by atoms with Crippen LogP contribution in [0.2, 0.25) is 0 Å². The Hall–Kier alpha value is -4.09. The van der Waals surface area contributed by atoms with Crippen molar-refractivity contribution >= 4 is 16.7 Å². The highest BCUT2D eigenvalue weighted by Crippen LogP contribution is 2.41. The average Bonchev–Trinajstić information content (AvgIpc) is 3.30. The minimum atomic E-state index is -0.492. The predicted molar refractivity (Wildman–Crippen MR) is 132 cm³/mol. The zero-order chi connectivity index (χ0) is 24.1. The highest BCUT2D eigenvalue weighted by molar-refractivity contribution is 5.96. The van der Waals surface area contributed by atoms with Gasteiger partial charge in [0.05, 0.1) is 46.7 Å². The van der Waals surface area contributed by atoms with Crippen LogP contribution in [0.3, 0.4) is 0 Å². The third-order valence-corrected chi connectivity index (χ3v) is 6.90. The van der Waals surface area contributed by atoms with Crippen LogP contribution in [0, 0.1) is 17.1 Å². The fourth-order valence-corrected chi connectivity index (χ4v) is 5.14. The molecule has 0 radical (unpaired) electrons. The summed E-state index contributed by atoms with van der Waals surface area (Å²) in [6, 6.07) is 15.0. The van der Waals surface area contributed by atoms with Gasteiger partial charge in [-0.3, -0.25) is 0 Å². The molecule has 0 amide bonds. The fraction of sp³-hybridized carbons (Fsp3) is 0.259. The normalized spacial score (nSPS) is 17.4. The maximum absolute atomic E-state index is 14.9. The Morgan fingerprint density at radius 1 is 1.23 bits per heavy atom. The van der Waals surface area contributed by atoms with E-state index in [0.717, 1.165) is 42.2 Å². The maximum Gasteiger partial charge on any atom is 0.143 e. The van der Waals surface area contributed by atoms with E-state index in [9.17, 15) is 9.65 Å². The Morgan fingerprint density at radius 2 is 2.11 bits per heavy atom. The summed E-state index contributed by atoms with van der Waals surface area (Å²) in [7, 11) is 3.62. The molecule has 4 aromatic rings. The van der Waals surface area contributed by atoms with Crippen molar-refractivity contribution < 1.29 is 13.9 Å². The van der Waals surface area contributed by atoms with Crippen LogP contribution in [0.4, 0.5) is 10.1 Å². The van der Waals surface area contributed by atoms with Crippen LogP contribution < -0.4 is 14.4 Å². The quantitative estimate of drug-likeness (QED) is 0.478. The number of likely N-dealkylation sites (N-methyl/N-ethyl adjacent to an activating group) is 1. The lowest BCUT2D eigenvalue weighted by atomic mass is 10.0. The van der Waals surface area contributed by atoms with Crippen molar-refractivity contribution in [1.82, 2.24) is 14.9 Å². The third kappa shape index (κ3) is 3.47. The molecule has 2 aliphatic heterocycles. The first-order chi connectivity index (χ1) is 17.1. The molecule has 1 unspecified atom stereocenters. The number of H-pyrrole nitrogens is 1. The number of pyridine rings is 1. The molecular formula is C27H24FN5O2. The second-order valence-corrected chi connectivity index (χ2v) is 9.01. The lowest BCUT2D eigenvalue weighted by Crippen LogP contribution is -2.56. The van der Waals surface area contributed by atoms with Gasteiger partial charge in [-0.15, -0.1) is 0 Å². The average molecular weight is 470 g/mol. The Balaban J connectivity index is 1.46. The third-order valence-electron chi connectivity index (χ3n) is 6.90. The first kappa shape index (κ1) is 21.4. The van der Waals surface area contributed by atoms with Gasteiger partial charge in [-0.1, -0.05) is 12.1 Å². The van der Waals surface area contributed by atoms with Crippen molar-refractivity contribution in [2.75, 3.05) is 45.3 Å². The number of nitriles is 1. The van der Waals surface area contributed by atoms with Crippen molar-refractivity contribution in [1.29, 1.82) is 5.26 Å². The van der Waals surface area contributed by atoms with Gasteiger partial charge >= 0.3 is 0 Å². The molecule has 0 aliphatic carbocycles. The van der Waals surface area contributed by atoms with Crippen molar-refractivity contribution in [2.45, 2.75) is 6.04 Å². The Labute approximate surface area is 202 Å². The molecule has 8 heteroatoms. The molecule has 2 aliphatic rings. The molecule has 0 bridgehead atoms. The molecular weight excluding hydrogens is 445 g/mol. The number of halogens is 1. The summed E-state index contributed by atoms with van der Waals surface area (Å²) in [5.41, 5.74) is 4.95. The Morgan fingerprint density at radius 3 is 2.94 bits per heavy atom. The highest BCUT2D eigenvalue weighted by atomic mass is 19.1. The first-order valence-electron chi connectivity index (χ1n) is 11.5. The van der Waals surface area contributed by atoms with E-state index in [2.05, 4.69) is 40.0 Å². The zero-order valence-corrected chi connectivity index (χ0v) is 19.5. The van der Waals surface area contributed by atoms with Gasteiger partial charge in [0.15, 0.2) is 0 Å². The summed E-state index contributed by atoms with van der Waals surface area (Å²) in [5, 5.41) is 9.77. The topological polar surface area (TPSA) is 77.4 Å². The number of methoxy groups -OCH3 is 1. The molecule has 1 N–H and O–H groups in total. The summed E-state index contributed by atoms with van der Waals surface area (Å²) in [5.74, 6) is 0.685. The van der Waals surface area contributed by atoms with Crippen molar-refractivity contribution in [3.8, 4) is 40.0 Å². The summed E-state index contributed by atoms with van der Waals surface area (Å²) < 4.78 is 26.4. The number of fused-ring (bicyclic) bond motifs is 4. The molecule has 1 fully saturated rings. The summed E-state index contributed by atoms with van der Waals surface area (Å²) in [4.78, 5) is 12.8. The van der Waals surface area contributed by atoms with Gasteiger partial charge < -0.3 is 24.3 Å². The smallest absolute Gasteiger partial charge is 0.143 e. The molecule has 4 heterocycles. The maximum atomic E-state index is 14.9. The summed E-state index contributed by atoms with van der Waals surface area (Å²) >= 11 is 0. The molecule has 2 aromatic heterocycles. The number of benzene rings is 2. The van der Waals surface area contributed by atoms with Crippen LogP contribution in [-0.2, 0) is 0 Å². The van der Waals surface area contributed by atoms with E-state index in [4.69, 9.17) is 14.5 Å². The number of aromatic nitrogens is 2. The van der Waals surface area contributed by atoms with E-state index >= 15 is 0 Å². The Kier molecular flexibility index (Phi) is 5.08. The number of anilines is 1. The van der Waals surface area contributed by atoms with Crippen LogP contribution in [0.5, 0.6) is 11.5 Å². The van der Waals surface area contributed by atoms with Crippen LogP contribution in [-0.4, -0.2) is 61.3 Å². The lowest BCUT2D eigenvalue weighted by Gasteiger charge is -2.44. The highest BCUT2D eigenvalue weighted by Gasteiger charge is 2.32. The molecule has 176 valence electrons. The van der Waals surface area contributed by atoms with E-state index in [1.165, 1.54) is 13.2 Å². The van der Waals surface area contributed by atoms with Gasteiger partial charge in [-0.25, -0.2) is 9.37 Å². The van der Waals surface area contributed by atoms with Crippen molar-refractivity contribution in [3.05, 3.63) is 60.0 Å². The van der Waals surface area contributed by atoms with Gasteiger partial charge in [-0.05, 0) is 42.9 Å². The molecule has 0 spiro atoms. The second-order valence-electron chi connectivity index (χ2n) is 9.01. The monoisotopic (exact) mass is 469 g/mol. The zero-order valence-electron chi connectivity index (χ0n) is 19.5. The van der Waals surface area contributed by atoms with Crippen molar-refractivity contribution in [2.24, 2.45) is 0 Å². The molecule has 2 aromatic carbocycles. The number of rotatable bonds is 3. The molecule has 35 heavy (non-hydrogen) atoms. The van der Waals surface area contributed by atoms with Gasteiger partial charge in [0, 0.05) is 31.4 Å². The molecule has 1 saturated heterocycles. The number of ether oxygens (including phenoxy) is 2. The Bertz CT molecular complexity index is 1490. The van der Waals surface area contributed by atoms with Crippen LogP contribution >= 0.6 is 0 Å². The van der Waals surface area contributed by atoms with E-state index < -0.39 is 5.82 Å². The van der Waals surface area contributed by atoms with E-state index in [-0.39, 0.29) is 16.8 Å². The second kappa shape index (κ2) is 8.29. The van der Waals surface area contributed by atoms with Crippen LogP contribution in [0.15, 0.2) is 48.7 Å². The number of hydrogen-bond donors (Lipinski definition) is 1.